The number of rotatable bonds is 5. The zero-order chi connectivity index (χ0) is 14.5. The number of carbonyl (C=O) groups excluding carboxylic acids is 1. The van der Waals surface area contributed by atoms with E-state index in [0.717, 1.165) is 0 Å². The molecule has 0 saturated heterocycles. The Bertz CT molecular complexity index is 624. The average Bonchev–Trinajstić information content (AvgIpc) is 2.97. The second kappa shape index (κ2) is 5.83. The number of nitrogens with one attached hydrogen (secondary N) is 2. The van der Waals surface area contributed by atoms with Crippen LogP contribution in [0, 0.1) is 10.1 Å². The Labute approximate surface area is 113 Å². The minimum Gasteiger partial charge on any atom is -0.383 e. The second-order valence-corrected chi connectivity index (χ2v) is 3.90. The smallest absolute Gasteiger partial charge is 0.292 e. The fourth-order valence-corrected chi connectivity index (χ4v) is 1.64. The topological polar surface area (TPSA) is 110 Å². The van der Waals surface area contributed by atoms with Crippen LogP contribution in [0.2, 0.25) is 0 Å². The molecule has 0 fully saturated rings. The minimum absolute atomic E-state index is 0.0840. The van der Waals surface area contributed by atoms with Crippen LogP contribution in [-0.4, -0.2) is 23.0 Å². The average molecular weight is 276 g/mol. The largest absolute Gasteiger partial charge is 0.383 e. The zero-order valence-electron chi connectivity index (χ0n) is 10.6. The first-order valence-corrected chi connectivity index (χ1v) is 5.75. The molecule has 0 saturated carbocycles. The lowest BCUT2D eigenvalue weighted by Gasteiger charge is -2.06. The van der Waals surface area contributed by atoms with E-state index in [-0.39, 0.29) is 23.8 Å². The van der Waals surface area contributed by atoms with Crippen LogP contribution in [0.15, 0.2) is 35.0 Å². The summed E-state index contributed by atoms with van der Waals surface area (Å²) in [5.41, 5.74) is 0.515. The maximum Gasteiger partial charge on any atom is 0.292 e. The molecule has 20 heavy (non-hydrogen) atoms. The number of hydrogen-bond donors (Lipinski definition) is 2. The predicted molar refractivity (Wildman–Crippen MR) is 70.3 cm³/mol. The van der Waals surface area contributed by atoms with E-state index < -0.39 is 4.92 Å². The number of anilines is 1. The molecule has 0 spiro atoms. The van der Waals surface area contributed by atoms with Gasteiger partial charge in [-0.05, 0) is 12.1 Å². The van der Waals surface area contributed by atoms with Gasteiger partial charge >= 0.3 is 0 Å². The molecule has 2 rings (SSSR count). The third-order valence-electron chi connectivity index (χ3n) is 2.64. The zero-order valence-corrected chi connectivity index (χ0v) is 10.6. The molecule has 2 N–H and O–H groups in total. The van der Waals surface area contributed by atoms with Crippen molar-refractivity contribution in [3.8, 4) is 0 Å². The number of carbonyl (C=O) groups is 1. The van der Waals surface area contributed by atoms with E-state index in [2.05, 4.69) is 15.8 Å². The molecule has 1 aromatic heterocycles. The highest BCUT2D eigenvalue weighted by atomic mass is 16.6. The van der Waals surface area contributed by atoms with Crippen molar-refractivity contribution in [3.63, 3.8) is 0 Å². The summed E-state index contributed by atoms with van der Waals surface area (Å²) in [4.78, 5) is 22.2. The summed E-state index contributed by atoms with van der Waals surface area (Å²) in [5, 5.41) is 19.6. The maximum atomic E-state index is 11.9. The van der Waals surface area contributed by atoms with Gasteiger partial charge < -0.3 is 15.2 Å². The van der Waals surface area contributed by atoms with Crippen LogP contribution < -0.4 is 10.6 Å². The van der Waals surface area contributed by atoms with Crippen LogP contribution >= 0.6 is 0 Å². The van der Waals surface area contributed by atoms with E-state index >= 15 is 0 Å². The van der Waals surface area contributed by atoms with Crippen LogP contribution in [0.25, 0.3) is 0 Å². The van der Waals surface area contributed by atoms with E-state index in [0.29, 0.717) is 11.3 Å². The van der Waals surface area contributed by atoms with E-state index in [1.807, 2.05) is 0 Å². The Balaban J connectivity index is 2.12. The number of nitro groups is 1. The monoisotopic (exact) mass is 276 g/mol. The first kappa shape index (κ1) is 13.5. The van der Waals surface area contributed by atoms with Gasteiger partial charge in [-0.15, -0.1) is 0 Å². The highest BCUT2D eigenvalue weighted by molar-refractivity contribution is 5.95. The lowest BCUT2D eigenvalue weighted by molar-refractivity contribution is -0.383. The molecule has 104 valence electrons. The number of amides is 1. The van der Waals surface area contributed by atoms with Crippen molar-refractivity contribution in [2.24, 2.45) is 0 Å². The molecule has 0 unspecified atom stereocenters. The lowest BCUT2D eigenvalue weighted by Crippen LogP contribution is -2.22. The highest BCUT2D eigenvalue weighted by Crippen LogP contribution is 2.24. The third kappa shape index (κ3) is 2.91. The highest BCUT2D eigenvalue weighted by Gasteiger charge is 2.15. The normalized spacial score (nSPS) is 10.1. The second-order valence-electron chi connectivity index (χ2n) is 3.90. The van der Waals surface area contributed by atoms with E-state index in [1.54, 1.807) is 13.1 Å². The molecule has 0 atom stereocenters. The molecule has 0 bridgehead atoms. The first-order chi connectivity index (χ1) is 9.61. The van der Waals surface area contributed by atoms with Crippen molar-refractivity contribution in [2.45, 2.75) is 6.54 Å². The Morgan fingerprint density at radius 3 is 2.85 bits per heavy atom. The Morgan fingerprint density at radius 2 is 2.25 bits per heavy atom. The summed E-state index contributed by atoms with van der Waals surface area (Å²) in [7, 11) is 1.55. The van der Waals surface area contributed by atoms with E-state index in [4.69, 9.17) is 4.52 Å². The summed E-state index contributed by atoms with van der Waals surface area (Å²) in [5.74, 6) is 0.168. The SMILES string of the molecule is CNc1cc(C(=O)NCc2ccno2)ccc1[N+](=O)[O-]. The summed E-state index contributed by atoms with van der Waals surface area (Å²) >= 11 is 0. The van der Waals surface area contributed by atoms with Crippen LogP contribution in [0.1, 0.15) is 16.1 Å². The molecule has 0 radical (unpaired) electrons. The molecular formula is C12H12N4O4. The fourth-order valence-electron chi connectivity index (χ4n) is 1.64. The van der Waals surface area contributed by atoms with Gasteiger partial charge in [-0.3, -0.25) is 14.9 Å². The van der Waals surface area contributed by atoms with Crippen molar-refractivity contribution in [1.29, 1.82) is 0 Å². The van der Waals surface area contributed by atoms with Crippen LogP contribution in [0.3, 0.4) is 0 Å². The minimum atomic E-state index is -0.512. The summed E-state index contributed by atoms with van der Waals surface area (Å²) in [6.45, 7) is 0.199. The third-order valence-corrected chi connectivity index (χ3v) is 2.64. The van der Waals surface area contributed by atoms with E-state index in [9.17, 15) is 14.9 Å². The maximum absolute atomic E-state index is 11.9. The van der Waals surface area contributed by atoms with Gasteiger partial charge in [0.25, 0.3) is 11.6 Å². The molecule has 1 heterocycles. The molecule has 0 aliphatic carbocycles. The van der Waals surface area contributed by atoms with Crippen LogP contribution in [0.4, 0.5) is 11.4 Å². The number of aromatic nitrogens is 1. The molecule has 8 heteroatoms. The molecule has 8 nitrogen and oxygen atoms in total. The van der Waals surface area contributed by atoms with Crippen molar-refractivity contribution < 1.29 is 14.2 Å². The lowest BCUT2D eigenvalue weighted by atomic mass is 10.1. The number of hydrogen-bond acceptors (Lipinski definition) is 6. The number of nitro benzene ring substituents is 1. The molecule has 0 aliphatic rings. The predicted octanol–water partition coefficient (Wildman–Crippen LogP) is 1.55. The van der Waals surface area contributed by atoms with Gasteiger partial charge in [0.05, 0.1) is 17.7 Å². The molecule has 0 aliphatic heterocycles. The Morgan fingerprint density at radius 1 is 1.45 bits per heavy atom. The quantitative estimate of drug-likeness (QED) is 0.633. The van der Waals surface area contributed by atoms with Crippen molar-refractivity contribution in [2.75, 3.05) is 12.4 Å². The molecule has 2 aromatic rings. The van der Waals surface area contributed by atoms with Gasteiger partial charge in [0.15, 0.2) is 5.76 Å². The van der Waals surface area contributed by atoms with Gasteiger partial charge in [0.1, 0.15) is 5.69 Å². The van der Waals surface area contributed by atoms with Gasteiger partial charge in [-0.25, -0.2) is 0 Å². The van der Waals surface area contributed by atoms with E-state index in [1.165, 1.54) is 24.4 Å². The Hall–Kier alpha value is -2.90. The van der Waals surface area contributed by atoms with Crippen LogP contribution in [-0.2, 0) is 6.54 Å². The molecular weight excluding hydrogens is 264 g/mol. The summed E-state index contributed by atoms with van der Waals surface area (Å²) in [6.07, 6.45) is 1.48. The standard InChI is InChI=1S/C12H12N4O4/c1-13-10-6-8(2-3-11(10)16(18)19)12(17)14-7-9-4-5-15-20-9/h2-6,13H,7H2,1H3,(H,14,17). The van der Waals surface area contributed by atoms with Gasteiger partial charge in [-0.2, -0.15) is 0 Å². The van der Waals surface area contributed by atoms with Gasteiger partial charge in [0.2, 0.25) is 0 Å². The van der Waals surface area contributed by atoms with Crippen LogP contribution in [0.5, 0.6) is 0 Å². The number of benzene rings is 1. The summed E-state index contributed by atoms with van der Waals surface area (Å²) < 4.78 is 4.85. The van der Waals surface area contributed by atoms with Crippen molar-refractivity contribution in [3.05, 3.63) is 51.9 Å². The van der Waals surface area contributed by atoms with Gasteiger partial charge in [-0.1, -0.05) is 5.16 Å². The fraction of sp³-hybridized carbons (Fsp3) is 0.167. The van der Waals surface area contributed by atoms with Crippen molar-refractivity contribution in [1.82, 2.24) is 10.5 Å². The molecule has 1 amide bonds. The Kier molecular flexibility index (Phi) is 3.94. The van der Waals surface area contributed by atoms with Crippen molar-refractivity contribution >= 4 is 17.3 Å². The summed E-state index contributed by atoms with van der Waals surface area (Å²) in [6, 6.07) is 5.74. The first-order valence-electron chi connectivity index (χ1n) is 5.75. The number of nitrogens with zero attached hydrogens (tertiary/aromatic N) is 2. The van der Waals surface area contributed by atoms with Gasteiger partial charge in [0, 0.05) is 24.7 Å². The molecule has 1 aromatic carbocycles.